The van der Waals surface area contributed by atoms with Crippen molar-refractivity contribution < 1.29 is 26.2 Å². The first-order chi connectivity index (χ1) is 30.8. The predicted octanol–water partition coefficient (Wildman–Crippen LogP) is 15.3. The minimum absolute atomic E-state index is 0. The Balaban J connectivity index is 0.00000576. The summed E-state index contributed by atoms with van der Waals surface area (Å²) in [5.74, 6) is 0.923. The van der Waals surface area contributed by atoms with Gasteiger partial charge in [0.1, 0.15) is 11.6 Å². The van der Waals surface area contributed by atoms with Crippen molar-refractivity contribution in [3.05, 3.63) is 205 Å². The molecule has 65 heavy (non-hydrogen) atoms. The topological polar surface area (TPSA) is 63.0 Å². The van der Waals surface area contributed by atoms with E-state index < -0.39 is 0 Å². The van der Waals surface area contributed by atoms with Crippen LogP contribution >= 0.6 is 0 Å². The van der Waals surface area contributed by atoms with Gasteiger partial charge in [-0.05, 0) is 93.6 Å². The van der Waals surface area contributed by atoms with Gasteiger partial charge in [-0.3, -0.25) is 9.55 Å². The molecule has 6 heteroatoms. The number of imidazole rings is 1. The molecule has 5 nitrogen and oxygen atoms in total. The maximum absolute atomic E-state index is 12.3. The fourth-order valence-corrected chi connectivity index (χ4v) is 8.39. The van der Waals surface area contributed by atoms with Crippen molar-refractivity contribution in [1.29, 1.82) is 0 Å². The average molecular weight is 1030 g/mol. The van der Waals surface area contributed by atoms with Gasteiger partial charge in [0.2, 0.25) is 0 Å². The number of benzene rings is 7. The van der Waals surface area contributed by atoms with E-state index in [1.54, 1.807) is 0 Å². The molecule has 0 atom stereocenters. The number of aromatic nitrogens is 3. The Bertz CT molecular complexity index is 3160. The number of rotatable bonds is 9. The molecule has 326 valence electrons. The number of nitrogens with zero attached hydrogens (tertiary/aromatic N) is 3. The van der Waals surface area contributed by atoms with E-state index in [1.165, 1.54) is 0 Å². The van der Waals surface area contributed by atoms with Gasteiger partial charge in [0, 0.05) is 56.1 Å². The molecule has 7 aromatic carbocycles. The summed E-state index contributed by atoms with van der Waals surface area (Å²) in [6, 6.07) is 62.7. The molecule has 0 amide bonds. The van der Waals surface area contributed by atoms with Crippen molar-refractivity contribution >= 4 is 22.3 Å². The second-order valence-electron chi connectivity index (χ2n) is 18.6. The summed E-state index contributed by atoms with van der Waals surface area (Å²) in [6.45, 7) is 15.2. The molecule has 2 heterocycles. The van der Waals surface area contributed by atoms with Crippen molar-refractivity contribution in [1.82, 2.24) is 14.5 Å². The first-order valence-electron chi connectivity index (χ1n) is 22.0. The van der Waals surface area contributed by atoms with Gasteiger partial charge >= 0.3 is 0 Å². The van der Waals surface area contributed by atoms with Crippen molar-refractivity contribution in [3.63, 3.8) is 0 Å². The summed E-state index contributed by atoms with van der Waals surface area (Å²) in [5, 5.41) is 15.7. The van der Waals surface area contributed by atoms with Gasteiger partial charge in [0.15, 0.2) is 0 Å². The first-order valence-corrected chi connectivity index (χ1v) is 22.0. The largest absolute Gasteiger partial charge is 0.507 e. The van der Waals surface area contributed by atoms with Gasteiger partial charge < -0.3 is 10.4 Å². The summed E-state index contributed by atoms with van der Waals surface area (Å²) in [5.41, 5.74) is 16.0. The Morgan fingerprint density at radius 2 is 1.23 bits per heavy atom. The van der Waals surface area contributed by atoms with Crippen LogP contribution in [-0.4, -0.2) is 19.6 Å². The Kier molecular flexibility index (Phi) is 12.6. The van der Waals surface area contributed by atoms with E-state index >= 15 is 0 Å². The number of nitrogens with one attached hydrogen (secondary N) is 1. The van der Waals surface area contributed by atoms with E-state index in [0.717, 1.165) is 89.3 Å². The Labute approximate surface area is 397 Å². The number of phenolic OH excluding ortho intramolecular Hbond substituents is 1. The van der Waals surface area contributed by atoms with Crippen molar-refractivity contribution in [2.75, 3.05) is 5.32 Å². The van der Waals surface area contributed by atoms with Crippen molar-refractivity contribution in [3.8, 4) is 67.5 Å². The average Bonchev–Trinajstić information content (AvgIpc) is 3.70. The van der Waals surface area contributed by atoms with Crippen LogP contribution in [-0.2, 0) is 31.9 Å². The molecule has 0 unspecified atom stereocenters. The van der Waals surface area contributed by atoms with Gasteiger partial charge in [-0.25, -0.2) is 4.98 Å². The van der Waals surface area contributed by atoms with E-state index in [4.69, 9.17) is 9.97 Å². The number of anilines is 1. The van der Waals surface area contributed by atoms with Gasteiger partial charge in [-0.15, -0.1) is 23.8 Å². The van der Waals surface area contributed by atoms with E-state index in [-0.39, 0.29) is 37.6 Å². The maximum atomic E-state index is 12.3. The smallest absolute Gasteiger partial charge is 0.148 e. The van der Waals surface area contributed by atoms with Crippen LogP contribution in [0.1, 0.15) is 65.2 Å². The van der Waals surface area contributed by atoms with E-state index in [0.29, 0.717) is 11.4 Å². The fourth-order valence-electron chi connectivity index (χ4n) is 8.39. The summed E-state index contributed by atoms with van der Waals surface area (Å²) in [7, 11) is 0. The standard InChI is InChI=1S/C59H53N4O.Pt/c1-39(38-61-46-22-13-9-14-23-46)41-30-31-60-53(35-41)44-33-42(49-27-18-17-26-48(49)40-20-11-8-12-21-40)32-43(34-44)50-28-19-29-54-55(50)62-57(63(54)47-24-15-10-16-25-47)51-36-45(58(2,3)4)37-52(56(51)64)59(5,6)7;/h8-33,35-38,61,64H,1-7H3;/q-1;/b39-38-;. The fraction of sp³-hybridized carbons (Fsp3) is 0.153. The summed E-state index contributed by atoms with van der Waals surface area (Å²) in [4.78, 5) is 10.5. The molecule has 0 saturated heterocycles. The number of para-hydroxylation sites is 3. The van der Waals surface area contributed by atoms with Crippen molar-refractivity contribution in [2.24, 2.45) is 0 Å². The number of hydrogen-bond donors (Lipinski definition) is 2. The van der Waals surface area contributed by atoms with Gasteiger partial charge in [0.05, 0.1) is 16.6 Å². The second kappa shape index (κ2) is 18.4. The molecule has 0 spiro atoms. The van der Waals surface area contributed by atoms with E-state index in [2.05, 4.69) is 192 Å². The molecule has 2 aromatic heterocycles. The molecule has 9 rings (SSSR count). The summed E-state index contributed by atoms with van der Waals surface area (Å²) in [6.07, 6.45) is 3.91. The van der Waals surface area contributed by atoms with Crippen molar-refractivity contribution in [2.45, 2.75) is 59.3 Å². The number of phenols is 1. The van der Waals surface area contributed by atoms with Crippen LogP contribution in [0, 0.1) is 6.07 Å². The van der Waals surface area contributed by atoms with Crippen LogP contribution in [0.4, 0.5) is 5.69 Å². The van der Waals surface area contributed by atoms with Crippen LogP contribution in [0.5, 0.6) is 5.75 Å². The zero-order valence-corrected chi connectivity index (χ0v) is 40.2. The number of fused-ring (bicyclic) bond motifs is 1. The minimum Gasteiger partial charge on any atom is -0.507 e. The zero-order valence-electron chi connectivity index (χ0n) is 37.9. The number of hydrogen-bond acceptors (Lipinski definition) is 4. The molecule has 0 radical (unpaired) electrons. The molecule has 0 saturated carbocycles. The third kappa shape index (κ3) is 9.25. The number of allylic oxidation sites excluding steroid dienone is 1. The van der Waals surface area contributed by atoms with E-state index in [1.807, 2.05) is 54.9 Å². The predicted molar refractivity (Wildman–Crippen MR) is 268 cm³/mol. The monoisotopic (exact) mass is 1030 g/mol. The van der Waals surface area contributed by atoms with E-state index in [9.17, 15) is 5.11 Å². The number of pyridine rings is 1. The zero-order chi connectivity index (χ0) is 44.6. The van der Waals surface area contributed by atoms with Crippen LogP contribution in [0.2, 0.25) is 0 Å². The maximum Gasteiger partial charge on any atom is 0.148 e. The molecule has 0 aliphatic rings. The molecule has 9 aromatic rings. The summed E-state index contributed by atoms with van der Waals surface area (Å²) < 4.78 is 2.19. The molecule has 0 bridgehead atoms. The van der Waals surface area contributed by atoms with Gasteiger partial charge in [0.25, 0.3) is 0 Å². The third-order valence-corrected chi connectivity index (χ3v) is 11.9. The second-order valence-corrected chi connectivity index (χ2v) is 18.6. The molecule has 2 N–H and O–H groups in total. The Morgan fingerprint density at radius 3 is 1.91 bits per heavy atom. The molecule has 0 aliphatic heterocycles. The minimum atomic E-state index is -0.311. The molecule has 0 fully saturated rings. The Hall–Kier alpha value is -6.81. The van der Waals surface area contributed by atoms with Crippen LogP contribution in [0.3, 0.4) is 0 Å². The third-order valence-electron chi connectivity index (χ3n) is 11.9. The van der Waals surface area contributed by atoms with Crippen LogP contribution in [0.25, 0.3) is 78.3 Å². The van der Waals surface area contributed by atoms with Crippen LogP contribution in [0.15, 0.2) is 182 Å². The summed E-state index contributed by atoms with van der Waals surface area (Å²) >= 11 is 0. The van der Waals surface area contributed by atoms with Gasteiger partial charge in [-0.2, -0.15) is 0 Å². The van der Waals surface area contributed by atoms with Crippen LogP contribution < -0.4 is 5.32 Å². The molecular weight excluding hydrogens is 976 g/mol. The normalized spacial score (nSPS) is 12.0. The number of aromatic hydroxyl groups is 1. The van der Waals surface area contributed by atoms with Gasteiger partial charge in [-0.1, -0.05) is 173 Å². The first kappa shape index (κ1) is 44.8. The molecule has 0 aliphatic carbocycles. The SMILES string of the molecule is C/C(=C/Nc1ccccc1)c1ccnc(-c2[c-]c(-c3cccc4c3nc(-c3cc(C(C)(C)C)cc(C(C)(C)C)c3O)n4-c3ccccc3)cc(-c3ccccc3-c3ccccc3)c2)c1.[Pt]. The Morgan fingerprint density at radius 1 is 0.615 bits per heavy atom. The quantitative estimate of drug-likeness (QED) is 0.141. The molecular formula is C59H53N4OPt-.